The van der Waals surface area contributed by atoms with Crippen molar-refractivity contribution >= 4 is 0 Å². The van der Waals surface area contributed by atoms with Crippen LogP contribution in [0.1, 0.15) is 45.4 Å². The predicted molar refractivity (Wildman–Crippen MR) is 75.9 cm³/mol. The average molecular weight is 251 g/mol. The molecule has 1 N–H and O–H groups in total. The van der Waals surface area contributed by atoms with Crippen molar-refractivity contribution in [3.8, 4) is 0 Å². The minimum absolute atomic E-state index is 0.753. The Labute approximate surface area is 112 Å². The first-order valence-electron chi connectivity index (χ1n) is 8.04. The third-order valence-corrected chi connectivity index (χ3v) is 5.18. The van der Waals surface area contributed by atoms with Crippen LogP contribution in [0.5, 0.6) is 0 Å². The van der Waals surface area contributed by atoms with Gasteiger partial charge in [0, 0.05) is 37.8 Å². The predicted octanol–water partition coefficient (Wildman–Crippen LogP) is 1.69. The van der Waals surface area contributed by atoms with Gasteiger partial charge in [-0.05, 0) is 45.7 Å². The fourth-order valence-electron chi connectivity index (χ4n) is 4.03. The summed E-state index contributed by atoms with van der Waals surface area (Å²) >= 11 is 0. The van der Waals surface area contributed by atoms with E-state index in [-0.39, 0.29) is 0 Å². The Bertz CT molecular complexity index is 260. The van der Waals surface area contributed by atoms with E-state index in [0.29, 0.717) is 0 Å². The van der Waals surface area contributed by atoms with Crippen molar-refractivity contribution in [3.63, 3.8) is 0 Å². The van der Waals surface area contributed by atoms with E-state index >= 15 is 0 Å². The number of fused-ring (bicyclic) bond motifs is 1. The molecule has 104 valence electrons. The SMILES string of the molecule is CC1CN2CCCCC2CN1CC1CCCCN1. The summed E-state index contributed by atoms with van der Waals surface area (Å²) in [4.78, 5) is 5.51. The summed E-state index contributed by atoms with van der Waals surface area (Å²) in [5, 5.41) is 3.70. The molecule has 18 heavy (non-hydrogen) atoms. The van der Waals surface area contributed by atoms with Crippen LogP contribution in [0.25, 0.3) is 0 Å². The van der Waals surface area contributed by atoms with Gasteiger partial charge in [0.25, 0.3) is 0 Å². The van der Waals surface area contributed by atoms with Crippen LogP contribution < -0.4 is 5.32 Å². The molecule has 3 fully saturated rings. The molecule has 3 aliphatic rings. The molecule has 0 aromatic heterocycles. The highest BCUT2D eigenvalue weighted by Crippen LogP contribution is 2.24. The maximum atomic E-state index is 3.70. The van der Waals surface area contributed by atoms with E-state index in [1.54, 1.807) is 0 Å². The van der Waals surface area contributed by atoms with Crippen molar-refractivity contribution in [3.05, 3.63) is 0 Å². The lowest BCUT2D eigenvalue weighted by Crippen LogP contribution is -2.60. The molecule has 3 heteroatoms. The van der Waals surface area contributed by atoms with E-state index < -0.39 is 0 Å². The van der Waals surface area contributed by atoms with Gasteiger partial charge in [-0.1, -0.05) is 12.8 Å². The van der Waals surface area contributed by atoms with Gasteiger partial charge >= 0.3 is 0 Å². The molecule has 3 saturated heterocycles. The molecule has 0 bridgehead atoms. The fraction of sp³-hybridized carbons (Fsp3) is 1.00. The summed E-state index contributed by atoms with van der Waals surface area (Å²) in [5.74, 6) is 0. The molecule has 3 unspecified atom stereocenters. The zero-order chi connectivity index (χ0) is 12.4. The quantitative estimate of drug-likeness (QED) is 0.806. The van der Waals surface area contributed by atoms with Crippen LogP contribution >= 0.6 is 0 Å². The first-order chi connectivity index (χ1) is 8.83. The molecule has 3 nitrogen and oxygen atoms in total. The van der Waals surface area contributed by atoms with E-state index in [4.69, 9.17) is 0 Å². The van der Waals surface area contributed by atoms with E-state index in [1.165, 1.54) is 71.2 Å². The molecule has 0 spiro atoms. The monoisotopic (exact) mass is 251 g/mol. The topological polar surface area (TPSA) is 18.5 Å². The van der Waals surface area contributed by atoms with Crippen LogP contribution in [-0.2, 0) is 0 Å². The van der Waals surface area contributed by atoms with Gasteiger partial charge in [-0.25, -0.2) is 0 Å². The van der Waals surface area contributed by atoms with Crippen molar-refractivity contribution < 1.29 is 0 Å². The van der Waals surface area contributed by atoms with E-state index in [1.807, 2.05) is 0 Å². The average Bonchev–Trinajstić information content (AvgIpc) is 2.41. The molecular weight excluding hydrogens is 222 g/mol. The van der Waals surface area contributed by atoms with Gasteiger partial charge in [0.15, 0.2) is 0 Å². The largest absolute Gasteiger partial charge is 0.313 e. The summed E-state index contributed by atoms with van der Waals surface area (Å²) in [6, 6.07) is 2.37. The third kappa shape index (κ3) is 2.89. The third-order valence-electron chi connectivity index (χ3n) is 5.18. The Balaban J connectivity index is 1.54. The van der Waals surface area contributed by atoms with Crippen molar-refractivity contribution in [2.24, 2.45) is 0 Å². The van der Waals surface area contributed by atoms with Gasteiger partial charge in [0.1, 0.15) is 0 Å². The van der Waals surface area contributed by atoms with Crippen molar-refractivity contribution in [1.82, 2.24) is 15.1 Å². The molecule has 0 aliphatic carbocycles. The Hall–Kier alpha value is -0.120. The molecule has 0 saturated carbocycles. The molecule has 3 atom stereocenters. The van der Waals surface area contributed by atoms with Gasteiger partial charge in [0.2, 0.25) is 0 Å². The standard InChI is InChI=1S/C15H29N3/c1-13-10-17-9-5-3-7-15(17)12-18(13)11-14-6-2-4-8-16-14/h13-16H,2-12H2,1H3. The molecule has 0 aromatic rings. The number of hydrogen-bond acceptors (Lipinski definition) is 3. The zero-order valence-electron chi connectivity index (χ0n) is 11.9. The van der Waals surface area contributed by atoms with Crippen molar-refractivity contribution in [2.75, 3.05) is 32.7 Å². The van der Waals surface area contributed by atoms with Gasteiger partial charge < -0.3 is 5.32 Å². The molecule has 3 aliphatic heterocycles. The second kappa shape index (κ2) is 5.89. The Morgan fingerprint density at radius 1 is 1.06 bits per heavy atom. The summed E-state index contributed by atoms with van der Waals surface area (Å²) in [6.07, 6.45) is 8.50. The van der Waals surface area contributed by atoms with Crippen LogP contribution in [0, 0.1) is 0 Å². The van der Waals surface area contributed by atoms with E-state index in [9.17, 15) is 0 Å². The number of piperazine rings is 1. The van der Waals surface area contributed by atoms with Crippen LogP contribution in [0.2, 0.25) is 0 Å². The van der Waals surface area contributed by atoms with E-state index in [0.717, 1.165) is 18.1 Å². The maximum Gasteiger partial charge on any atom is 0.0223 e. The molecule has 0 radical (unpaired) electrons. The van der Waals surface area contributed by atoms with Gasteiger partial charge in [0.05, 0.1) is 0 Å². The Morgan fingerprint density at radius 2 is 1.94 bits per heavy atom. The van der Waals surface area contributed by atoms with Crippen LogP contribution in [-0.4, -0.2) is 60.6 Å². The van der Waals surface area contributed by atoms with Crippen molar-refractivity contribution in [1.29, 1.82) is 0 Å². The first-order valence-corrected chi connectivity index (χ1v) is 8.04. The lowest BCUT2D eigenvalue weighted by Gasteiger charge is -2.48. The molecule has 0 amide bonds. The summed E-state index contributed by atoms with van der Waals surface area (Å²) in [7, 11) is 0. The lowest BCUT2D eigenvalue weighted by atomic mass is 9.96. The van der Waals surface area contributed by atoms with E-state index in [2.05, 4.69) is 22.0 Å². The molecule has 3 heterocycles. The lowest BCUT2D eigenvalue weighted by molar-refractivity contribution is 0.00945. The van der Waals surface area contributed by atoms with Crippen LogP contribution in [0.15, 0.2) is 0 Å². The highest BCUT2D eigenvalue weighted by atomic mass is 15.3. The number of piperidine rings is 2. The Morgan fingerprint density at radius 3 is 2.78 bits per heavy atom. The number of nitrogens with zero attached hydrogens (tertiary/aromatic N) is 2. The summed E-state index contributed by atoms with van der Waals surface area (Å²) in [5.41, 5.74) is 0. The second-order valence-electron chi connectivity index (χ2n) is 6.59. The number of hydrogen-bond donors (Lipinski definition) is 1. The molecular formula is C15H29N3. The highest BCUT2D eigenvalue weighted by Gasteiger charge is 2.33. The van der Waals surface area contributed by atoms with Crippen LogP contribution in [0.4, 0.5) is 0 Å². The minimum atomic E-state index is 0.753. The van der Waals surface area contributed by atoms with Gasteiger partial charge in [-0.15, -0.1) is 0 Å². The summed E-state index contributed by atoms with van der Waals surface area (Å²) in [6.45, 7) is 8.92. The Kier molecular flexibility index (Phi) is 4.22. The van der Waals surface area contributed by atoms with Crippen LogP contribution in [0.3, 0.4) is 0 Å². The minimum Gasteiger partial charge on any atom is -0.313 e. The smallest absolute Gasteiger partial charge is 0.0223 e. The summed E-state index contributed by atoms with van der Waals surface area (Å²) < 4.78 is 0. The normalized spacial score (nSPS) is 39.5. The maximum absolute atomic E-state index is 3.70. The molecule has 3 rings (SSSR count). The fourth-order valence-corrected chi connectivity index (χ4v) is 4.03. The van der Waals surface area contributed by atoms with Gasteiger partial charge in [-0.3, -0.25) is 9.80 Å². The van der Waals surface area contributed by atoms with Gasteiger partial charge in [-0.2, -0.15) is 0 Å². The zero-order valence-corrected chi connectivity index (χ0v) is 11.9. The first kappa shape index (κ1) is 12.9. The number of rotatable bonds is 2. The highest BCUT2D eigenvalue weighted by molar-refractivity contribution is 4.91. The number of nitrogens with one attached hydrogen (secondary N) is 1. The molecule has 0 aromatic carbocycles. The second-order valence-corrected chi connectivity index (χ2v) is 6.59. The van der Waals surface area contributed by atoms with Crippen molar-refractivity contribution in [2.45, 2.75) is 63.6 Å².